The van der Waals surface area contributed by atoms with Crippen LogP contribution in [0.5, 0.6) is 0 Å². The van der Waals surface area contributed by atoms with Crippen LogP contribution in [0, 0.1) is 19.7 Å². The Morgan fingerprint density at radius 2 is 2.14 bits per heavy atom. The summed E-state index contributed by atoms with van der Waals surface area (Å²) in [6.45, 7) is 5.40. The van der Waals surface area contributed by atoms with E-state index in [9.17, 15) is 9.18 Å². The van der Waals surface area contributed by atoms with Crippen molar-refractivity contribution in [3.05, 3.63) is 51.2 Å². The summed E-state index contributed by atoms with van der Waals surface area (Å²) in [6.07, 6.45) is 1.97. The molecule has 1 atom stereocenters. The molecule has 0 radical (unpaired) electrons. The van der Waals surface area contributed by atoms with Crippen LogP contribution in [0.2, 0.25) is 0 Å². The van der Waals surface area contributed by atoms with Crippen molar-refractivity contribution >= 4 is 17.2 Å². The zero-order valence-corrected chi connectivity index (χ0v) is 13.6. The van der Waals surface area contributed by atoms with Crippen LogP contribution in [0.3, 0.4) is 0 Å². The lowest BCUT2D eigenvalue weighted by Gasteiger charge is -2.32. The third-order valence-electron chi connectivity index (χ3n) is 4.21. The SMILES string of the molecule is Cc1nc(C2CCCN(C(=O)c3ccccc3F)C2)sc1C. The predicted octanol–water partition coefficient (Wildman–Crippen LogP) is 3.92. The molecular weight excluding hydrogens is 299 g/mol. The number of hydrogen-bond acceptors (Lipinski definition) is 3. The molecule has 0 saturated carbocycles. The minimum atomic E-state index is -0.449. The Morgan fingerprint density at radius 3 is 2.82 bits per heavy atom. The number of thiazole rings is 1. The molecule has 1 saturated heterocycles. The topological polar surface area (TPSA) is 33.2 Å². The molecule has 1 aromatic heterocycles. The molecule has 3 rings (SSSR count). The second kappa shape index (κ2) is 6.16. The summed E-state index contributed by atoms with van der Waals surface area (Å²) in [7, 11) is 0. The molecule has 1 aliphatic rings. The maximum Gasteiger partial charge on any atom is 0.256 e. The molecule has 3 nitrogen and oxygen atoms in total. The summed E-state index contributed by atoms with van der Waals surface area (Å²) in [5, 5.41) is 1.10. The highest BCUT2D eigenvalue weighted by Gasteiger charge is 2.28. The number of carbonyl (C=O) groups excluding carboxylic acids is 1. The largest absolute Gasteiger partial charge is 0.338 e. The number of hydrogen-bond donors (Lipinski definition) is 0. The summed E-state index contributed by atoms with van der Waals surface area (Å²) in [4.78, 5) is 20.2. The molecule has 2 aromatic rings. The molecule has 1 aromatic carbocycles. The number of rotatable bonds is 2. The third-order valence-corrected chi connectivity index (χ3v) is 5.44. The molecule has 116 valence electrons. The number of carbonyl (C=O) groups is 1. The van der Waals surface area contributed by atoms with E-state index in [2.05, 4.69) is 11.9 Å². The average molecular weight is 318 g/mol. The quantitative estimate of drug-likeness (QED) is 0.841. The molecule has 22 heavy (non-hydrogen) atoms. The van der Waals surface area contributed by atoms with Gasteiger partial charge < -0.3 is 4.90 Å². The van der Waals surface area contributed by atoms with Gasteiger partial charge in [0.2, 0.25) is 0 Å². The Hall–Kier alpha value is -1.75. The first-order chi connectivity index (χ1) is 10.6. The molecule has 0 bridgehead atoms. The smallest absolute Gasteiger partial charge is 0.256 e. The van der Waals surface area contributed by atoms with Gasteiger partial charge in [0.15, 0.2) is 0 Å². The van der Waals surface area contributed by atoms with Gasteiger partial charge in [-0.1, -0.05) is 12.1 Å². The molecule has 1 amide bonds. The number of nitrogens with zero attached hydrogens (tertiary/aromatic N) is 2. The highest BCUT2D eigenvalue weighted by Crippen LogP contribution is 2.31. The fraction of sp³-hybridized carbons (Fsp3) is 0.412. The van der Waals surface area contributed by atoms with Gasteiger partial charge in [0.05, 0.1) is 16.3 Å². The van der Waals surface area contributed by atoms with Gasteiger partial charge in [-0.3, -0.25) is 4.79 Å². The summed E-state index contributed by atoms with van der Waals surface area (Å²) < 4.78 is 13.8. The molecule has 1 fully saturated rings. The second-order valence-corrected chi connectivity index (χ2v) is 7.00. The predicted molar refractivity (Wildman–Crippen MR) is 85.9 cm³/mol. The Balaban J connectivity index is 1.78. The lowest BCUT2D eigenvalue weighted by Crippen LogP contribution is -2.39. The van der Waals surface area contributed by atoms with Gasteiger partial charge in [-0.05, 0) is 38.8 Å². The van der Waals surface area contributed by atoms with E-state index in [0.717, 1.165) is 23.5 Å². The number of amides is 1. The second-order valence-electron chi connectivity index (χ2n) is 5.76. The maximum atomic E-state index is 13.8. The van der Waals surface area contributed by atoms with Gasteiger partial charge in [0.1, 0.15) is 5.82 Å². The number of piperidine rings is 1. The number of aryl methyl sites for hydroxylation is 2. The Labute approximate surface area is 133 Å². The van der Waals surface area contributed by atoms with Crippen molar-refractivity contribution in [2.24, 2.45) is 0 Å². The Bertz CT molecular complexity index is 678. The van der Waals surface area contributed by atoms with Crippen molar-refractivity contribution in [3.63, 3.8) is 0 Å². The van der Waals surface area contributed by atoms with Crippen LogP contribution in [0.1, 0.15) is 44.7 Å². The lowest BCUT2D eigenvalue weighted by atomic mass is 9.98. The zero-order valence-electron chi connectivity index (χ0n) is 12.8. The number of halogens is 1. The molecular formula is C17H19FN2OS. The minimum absolute atomic E-state index is 0.162. The number of likely N-dealkylation sites (tertiary alicyclic amines) is 1. The van der Waals surface area contributed by atoms with Crippen LogP contribution in [0.15, 0.2) is 24.3 Å². The number of aromatic nitrogens is 1. The first kappa shape index (κ1) is 15.2. The zero-order chi connectivity index (χ0) is 15.7. The van der Waals surface area contributed by atoms with Crippen molar-refractivity contribution in [1.82, 2.24) is 9.88 Å². The van der Waals surface area contributed by atoms with E-state index in [4.69, 9.17) is 0 Å². The molecule has 1 aliphatic heterocycles. The van der Waals surface area contributed by atoms with E-state index in [-0.39, 0.29) is 17.4 Å². The normalized spacial score (nSPS) is 18.5. The van der Waals surface area contributed by atoms with Gasteiger partial charge in [0, 0.05) is 23.9 Å². The van der Waals surface area contributed by atoms with E-state index in [1.54, 1.807) is 34.4 Å². The molecule has 1 unspecified atom stereocenters. The van der Waals surface area contributed by atoms with Gasteiger partial charge in [0.25, 0.3) is 5.91 Å². The van der Waals surface area contributed by atoms with Gasteiger partial charge in [-0.25, -0.2) is 9.37 Å². The first-order valence-corrected chi connectivity index (χ1v) is 8.35. The van der Waals surface area contributed by atoms with Crippen molar-refractivity contribution in [2.75, 3.05) is 13.1 Å². The molecule has 0 N–H and O–H groups in total. The average Bonchev–Trinajstić information content (AvgIpc) is 2.87. The first-order valence-electron chi connectivity index (χ1n) is 7.54. The monoisotopic (exact) mass is 318 g/mol. The van der Waals surface area contributed by atoms with Crippen molar-refractivity contribution in [2.45, 2.75) is 32.6 Å². The lowest BCUT2D eigenvalue weighted by molar-refractivity contribution is 0.0702. The van der Waals surface area contributed by atoms with Crippen LogP contribution in [0.4, 0.5) is 4.39 Å². The van der Waals surface area contributed by atoms with Crippen molar-refractivity contribution < 1.29 is 9.18 Å². The van der Waals surface area contributed by atoms with Crippen molar-refractivity contribution in [3.8, 4) is 0 Å². The van der Waals surface area contributed by atoms with E-state index in [0.29, 0.717) is 13.1 Å². The molecule has 0 aliphatic carbocycles. The van der Waals surface area contributed by atoms with E-state index in [1.165, 1.54) is 10.9 Å². The van der Waals surface area contributed by atoms with Crippen LogP contribution in [-0.2, 0) is 0 Å². The summed E-state index contributed by atoms with van der Waals surface area (Å²) in [6, 6.07) is 6.19. The highest BCUT2D eigenvalue weighted by atomic mass is 32.1. The summed E-state index contributed by atoms with van der Waals surface area (Å²) >= 11 is 1.71. The highest BCUT2D eigenvalue weighted by molar-refractivity contribution is 7.11. The maximum absolute atomic E-state index is 13.8. The fourth-order valence-corrected chi connectivity index (χ4v) is 3.89. The van der Waals surface area contributed by atoms with E-state index < -0.39 is 5.82 Å². The van der Waals surface area contributed by atoms with Crippen LogP contribution >= 0.6 is 11.3 Å². The molecule has 5 heteroatoms. The van der Waals surface area contributed by atoms with Crippen LogP contribution in [-0.4, -0.2) is 28.9 Å². The summed E-state index contributed by atoms with van der Waals surface area (Å²) in [5.74, 6) is -0.398. The fourth-order valence-electron chi connectivity index (χ4n) is 2.84. The Kier molecular flexibility index (Phi) is 4.25. The molecule has 0 spiro atoms. The number of benzene rings is 1. The minimum Gasteiger partial charge on any atom is -0.338 e. The van der Waals surface area contributed by atoms with E-state index in [1.807, 2.05) is 6.92 Å². The van der Waals surface area contributed by atoms with Gasteiger partial charge in [-0.15, -0.1) is 11.3 Å². The molecule has 2 heterocycles. The van der Waals surface area contributed by atoms with Crippen LogP contribution in [0.25, 0.3) is 0 Å². The van der Waals surface area contributed by atoms with Crippen molar-refractivity contribution in [1.29, 1.82) is 0 Å². The summed E-state index contributed by atoms with van der Waals surface area (Å²) in [5.41, 5.74) is 1.23. The van der Waals surface area contributed by atoms with Gasteiger partial charge >= 0.3 is 0 Å². The van der Waals surface area contributed by atoms with Crippen LogP contribution < -0.4 is 0 Å². The van der Waals surface area contributed by atoms with Gasteiger partial charge in [-0.2, -0.15) is 0 Å². The van der Waals surface area contributed by atoms with E-state index >= 15 is 0 Å². The third kappa shape index (κ3) is 2.90. The Morgan fingerprint density at radius 1 is 1.36 bits per heavy atom. The standard InChI is InChI=1S/C17H19FN2OS/c1-11-12(2)22-16(19-11)13-6-5-9-20(10-13)17(21)14-7-3-4-8-15(14)18/h3-4,7-8,13H,5-6,9-10H2,1-2H3.